The van der Waals surface area contributed by atoms with Crippen LogP contribution >= 0.6 is 0 Å². The minimum Gasteiger partial charge on any atom is -0.444 e. The van der Waals surface area contributed by atoms with Gasteiger partial charge < -0.3 is 19.5 Å². The highest BCUT2D eigenvalue weighted by molar-refractivity contribution is 5.83. The Bertz CT molecular complexity index is 771. The first-order valence-electron chi connectivity index (χ1n) is 12.0. The van der Waals surface area contributed by atoms with E-state index in [1.165, 1.54) is 0 Å². The lowest BCUT2D eigenvalue weighted by molar-refractivity contribution is -0.200. The molecule has 5 rings (SSSR count). The highest BCUT2D eigenvalue weighted by Crippen LogP contribution is 2.61. The van der Waals surface area contributed by atoms with Crippen LogP contribution in [0.15, 0.2) is 0 Å². The van der Waals surface area contributed by atoms with Gasteiger partial charge in [-0.3, -0.25) is 9.69 Å². The van der Waals surface area contributed by atoms with E-state index in [0.717, 1.165) is 38.5 Å². The number of aliphatic hydroxyl groups is 1. The maximum atomic E-state index is 13.5. The molecule has 8 heteroatoms. The van der Waals surface area contributed by atoms with Gasteiger partial charge in [0.1, 0.15) is 18.2 Å². The molecule has 4 aliphatic carbocycles. The number of carbonyl (C=O) groups excluding carboxylic acids is 2. The Morgan fingerprint density at radius 1 is 1.22 bits per heavy atom. The number of aliphatic hydroxyl groups excluding tert-OH is 1. The number of hydrogen-bond acceptors (Lipinski definition) is 6. The molecule has 4 saturated carbocycles. The number of carbonyl (C=O) groups is 2. The van der Waals surface area contributed by atoms with Crippen molar-refractivity contribution in [2.45, 2.75) is 94.9 Å². The lowest BCUT2D eigenvalue weighted by atomic mass is 9.50. The largest absolute Gasteiger partial charge is 0.444 e. The van der Waals surface area contributed by atoms with Crippen molar-refractivity contribution in [1.29, 1.82) is 5.26 Å². The van der Waals surface area contributed by atoms with Gasteiger partial charge in [0.25, 0.3) is 0 Å². The van der Waals surface area contributed by atoms with Crippen molar-refractivity contribution in [1.82, 2.24) is 9.80 Å². The zero-order valence-corrected chi connectivity index (χ0v) is 19.6. The summed E-state index contributed by atoms with van der Waals surface area (Å²) in [5.74, 6) is 0.697. The van der Waals surface area contributed by atoms with Crippen LogP contribution in [-0.2, 0) is 14.3 Å². The molecule has 3 atom stereocenters. The number of likely N-dealkylation sites (tertiary alicyclic amines) is 1. The first-order chi connectivity index (χ1) is 15.1. The molecule has 1 saturated heterocycles. The molecular weight excluding hydrogens is 410 g/mol. The number of rotatable bonds is 6. The van der Waals surface area contributed by atoms with Gasteiger partial charge in [-0.25, -0.2) is 4.79 Å². The molecule has 1 N–H and O–H groups in total. The normalized spacial score (nSPS) is 35.6. The molecule has 0 spiro atoms. The van der Waals surface area contributed by atoms with Gasteiger partial charge in [-0.2, -0.15) is 5.26 Å². The Labute approximate surface area is 190 Å². The van der Waals surface area contributed by atoms with Gasteiger partial charge >= 0.3 is 6.09 Å². The second-order valence-corrected chi connectivity index (χ2v) is 11.4. The van der Waals surface area contributed by atoms with E-state index >= 15 is 0 Å². The molecule has 1 heterocycles. The van der Waals surface area contributed by atoms with Crippen LogP contribution in [0, 0.1) is 23.2 Å². The van der Waals surface area contributed by atoms with Crippen molar-refractivity contribution < 1.29 is 24.2 Å². The van der Waals surface area contributed by atoms with Gasteiger partial charge in [0.2, 0.25) is 5.91 Å². The molecule has 0 aromatic heterocycles. The van der Waals surface area contributed by atoms with Crippen LogP contribution in [0.25, 0.3) is 0 Å². The van der Waals surface area contributed by atoms with E-state index in [0.29, 0.717) is 37.8 Å². The Kier molecular flexibility index (Phi) is 6.19. The van der Waals surface area contributed by atoms with E-state index < -0.39 is 23.3 Å². The fraction of sp³-hybridized carbons (Fsp3) is 0.875. The number of nitrogens with zero attached hydrogens (tertiary/aromatic N) is 3. The highest BCUT2D eigenvalue weighted by atomic mass is 16.6. The summed E-state index contributed by atoms with van der Waals surface area (Å²) in [7, 11) is 0. The third-order valence-electron chi connectivity index (χ3n) is 7.68. The van der Waals surface area contributed by atoms with Crippen molar-refractivity contribution in [2.75, 3.05) is 26.3 Å². The van der Waals surface area contributed by atoms with E-state index in [-0.39, 0.29) is 24.7 Å². The second-order valence-electron chi connectivity index (χ2n) is 11.4. The minimum atomic E-state index is -0.672. The Morgan fingerprint density at radius 2 is 1.91 bits per heavy atom. The van der Waals surface area contributed by atoms with Crippen molar-refractivity contribution in [2.24, 2.45) is 11.8 Å². The maximum absolute atomic E-state index is 13.5. The molecule has 2 amide bonds. The predicted octanol–water partition coefficient (Wildman–Crippen LogP) is 2.84. The van der Waals surface area contributed by atoms with Gasteiger partial charge in [-0.05, 0) is 84.0 Å². The van der Waals surface area contributed by atoms with Gasteiger partial charge in [-0.15, -0.1) is 0 Å². The van der Waals surface area contributed by atoms with Crippen LogP contribution in [0.1, 0.15) is 72.1 Å². The molecule has 32 heavy (non-hydrogen) atoms. The lowest BCUT2D eigenvalue weighted by Gasteiger charge is -2.64. The summed E-state index contributed by atoms with van der Waals surface area (Å²) in [6.07, 6.45) is 6.42. The molecule has 1 aliphatic heterocycles. The van der Waals surface area contributed by atoms with E-state index in [2.05, 4.69) is 6.07 Å². The fourth-order valence-electron chi connectivity index (χ4n) is 7.05. The Morgan fingerprint density at radius 3 is 2.50 bits per heavy atom. The van der Waals surface area contributed by atoms with E-state index in [1.54, 1.807) is 9.80 Å². The van der Waals surface area contributed by atoms with Gasteiger partial charge in [0.05, 0.1) is 30.4 Å². The average molecular weight is 448 g/mol. The summed E-state index contributed by atoms with van der Waals surface area (Å²) in [5.41, 5.74) is -1.51. The van der Waals surface area contributed by atoms with Crippen molar-refractivity contribution >= 4 is 12.0 Å². The summed E-state index contributed by atoms with van der Waals surface area (Å²) in [6, 6.07) is 1.81. The van der Waals surface area contributed by atoms with E-state index in [4.69, 9.17) is 9.47 Å². The summed E-state index contributed by atoms with van der Waals surface area (Å²) in [6.45, 7) is 6.26. The maximum Gasteiger partial charge on any atom is 0.411 e. The van der Waals surface area contributed by atoms with Gasteiger partial charge in [0.15, 0.2) is 0 Å². The van der Waals surface area contributed by atoms with E-state index in [9.17, 15) is 20.0 Å². The molecular formula is C24H37N3O5. The average Bonchev–Trinajstić information content (AvgIpc) is 3.17. The van der Waals surface area contributed by atoms with Crippen molar-refractivity contribution in [3.63, 3.8) is 0 Å². The molecule has 0 aromatic rings. The number of ether oxygens (including phenoxy) is 2. The Balaban J connectivity index is 1.63. The van der Waals surface area contributed by atoms with Crippen LogP contribution in [0.3, 0.4) is 0 Å². The third-order valence-corrected chi connectivity index (χ3v) is 7.68. The molecule has 2 unspecified atom stereocenters. The fourth-order valence-corrected chi connectivity index (χ4v) is 7.05. The quantitative estimate of drug-likeness (QED) is 0.672. The first-order valence-corrected chi connectivity index (χ1v) is 12.0. The van der Waals surface area contributed by atoms with Crippen molar-refractivity contribution in [3.8, 4) is 6.07 Å². The van der Waals surface area contributed by atoms with Gasteiger partial charge in [0, 0.05) is 6.54 Å². The molecule has 5 aliphatic rings. The predicted molar refractivity (Wildman–Crippen MR) is 116 cm³/mol. The number of nitriles is 1. The monoisotopic (exact) mass is 447 g/mol. The summed E-state index contributed by atoms with van der Waals surface area (Å²) in [5, 5.41) is 18.8. The SMILES string of the molecule is CC(C)(C)OC(=O)N(CC(=O)N1CCC[C@H]1C#N)C12CC3CC(CC(OCCO)(C3)C1)C2. The second kappa shape index (κ2) is 8.49. The summed E-state index contributed by atoms with van der Waals surface area (Å²) < 4.78 is 12.0. The third kappa shape index (κ3) is 4.47. The Hall–Kier alpha value is -1.85. The highest BCUT2D eigenvalue weighted by Gasteiger charge is 2.62. The topological polar surface area (TPSA) is 103 Å². The summed E-state index contributed by atoms with van der Waals surface area (Å²) >= 11 is 0. The smallest absolute Gasteiger partial charge is 0.411 e. The molecule has 5 fully saturated rings. The van der Waals surface area contributed by atoms with Crippen LogP contribution in [-0.4, -0.2) is 76.0 Å². The number of hydrogen-bond donors (Lipinski definition) is 1. The van der Waals surface area contributed by atoms with Crippen LogP contribution in [0.2, 0.25) is 0 Å². The zero-order valence-electron chi connectivity index (χ0n) is 19.6. The first kappa shape index (κ1) is 23.3. The minimum absolute atomic E-state index is 0.0249. The van der Waals surface area contributed by atoms with Crippen LogP contribution < -0.4 is 0 Å². The van der Waals surface area contributed by atoms with E-state index in [1.807, 2.05) is 20.8 Å². The summed E-state index contributed by atoms with van der Waals surface area (Å²) in [4.78, 5) is 30.1. The molecule has 0 radical (unpaired) electrons. The number of amides is 2. The molecule has 4 bridgehead atoms. The molecule has 178 valence electrons. The van der Waals surface area contributed by atoms with Gasteiger partial charge in [-0.1, -0.05) is 0 Å². The standard InChI is InChI=1S/C24H37N3O5/c1-22(2,3)32-21(30)27(15-20(29)26-6-4-5-19(26)14-25)23-10-17-9-18(11-23)13-24(12-17,16-23)31-8-7-28/h17-19,28H,4-13,15-16H2,1-3H3/t17?,18?,19-,23?,24?/m0/s1. The molecule has 8 nitrogen and oxygen atoms in total. The zero-order chi connectivity index (χ0) is 23.1. The van der Waals surface area contributed by atoms with Crippen molar-refractivity contribution in [3.05, 3.63) is 0 Å². The van der Waals surface area contributed by atoms with Crippen LogP contribution in [0.4, 0.5) is 4.79 Å². The lowest BCUT2D eigenvalue weighted by Crippen LogP contribution is -2.68. The molecule has 0 aromatic carbocycles. The van der Waals surface area contributed by atoms with Crippen LogP contribution in [0.5, 0.6) is 0 Å².